The van der Waals surface area contributed by atoms with Crippen molar-refractivity contribution in [2.24, 2.45) is 0 Å². The SMILES string of the molecule is CCC(=O)NCCc1cnn2ccc3occc3c12. The van der Waals surface area contributed by atoms with Crippen LogP contribution in [-0.4, -0.2) is 22.1 Å². The molecule has 5 nitrogen and oxygen atoms in total. The van der Waals surface area contributed by atoms with E-state index in [1.165, 1.54) is 0 Å². The number of amides is 1. The summed E-state index contributed by atoms with van der Waals surface area (Å²) in [6.45, 7) is 2.47. The van der Waals surface area contributed by atoms with Crippen LogP contribution in [0.2, 0.25) is 0 Å². The summed E-state index contributed by atoms with van der Waals surface area (Å²) < 4.78 is 7.24. The predicted octanol–water partition coefficient (Wildman–Crippen LogP) is 2.15. The summed E-state index contributed by atoms with van der Waals surface area (Å²) in [6, 6.07) is 3.85. The van der Waals surface area contributed by atoms with E-state index in [0.29, 0.717) is 13.0 Å². The summed E-state index contributed by atoms with van der Waals surface area (Å²) in [7, 11) is 0. The number of fused-ring (bicyclic) bond motifs is 3. The number of furan rings is 1. The molecule has 0 saturated heterocycles. The Labute approximate surface area is 110 Å². The minimum atomic E-state index is 0.0740. The first-order valence-electron chi connectivity index (χ1n) is 6.38. The summed E-state index contributed by atoms with van der Waals surface area (Å²) in [5.41, 5.74) is 3.02. The van der Waals surface area contributed by atoms with Crippen molar-refractivity contribution in [3.8, 4) is 0 Å². The molecule has 0 unspecified atom stereocenters. The van der Waals surface area contributed by atoms with Crippen molar-refractivity contribution in [1.29, 1.82) is 0 Å². The molecule has 0 aromatic carbocycles. The van der Waals surface area contributed by atoms with Gasteiger partial charge in [0, 0.05) is 30.1 Å². The molecule has 3 aromatic rings. The van der Waals surface area contributed by atoms with Crippen LogP contribution in [-0.2, 0) is 11.2 Å². The number of carbonyl (C=O) groups is 1. The van der Waals surface area contributed by atoms with Gasteiger partial charge in [0.15, 0.2) is 0 Å². The largest absolute Gasteiger partial charge is 0.464 e. The van der Waals surface area contributed by atoms with Gasteiger partial charge in [-0.3, -0.25) is 4.79 Å². The van der Waals surface area contributed by atoms with Gasteiger partial charge in [0.05, 0.1) is 18.0 Å². The molecule has 0 fully saturated rings. The molecular weight excluding hydrogens is 242 g/mol. The number of rotatable bonds is 4. The second-order valence-electron chi connectivity index (χ2n) is 4.43. The van der Waals surface area contributed by atoms with Gasteiger partial charge in [0.1, 0.15) is 5.58 Å². The van der Waals surface area contributed by atoms with Crippen LogP contribution in [0.25, 0.3) is 16.5 Å². The average molecular weight is 257 g/mol. The summed E-state index contributed by atoms with van der Waals surface area (Å²) in [5, 5.41) is 8.26. The minimum absolute atomic E-state index is 0.0740. The first-order chi connectivity index (χ1) is 9.29. The maximum absolute atomic E-state index is 11.2. The van der Waals surface area contributed by atoms with Crippen molar-refractivity contribution in [2.45, 2.75) is 19.8 Å². The second-order valence-corrected chi connectivity index (χ2v) is 4.43. The van der Waals surface area contributed by atoms with Crippen molar-refractivity contribution in [3.05, 3.63) is 36.4 Å². The van der Waals surface area contributed by atoms with E-state index in [2.05, 4.69) is 10.4 Å². The van der Waals surface area contributed by atoms with Crippen molar-refractivity contribution in [3.63, 3.8) is 0 Å². The molecule has 19 heavy (non-hydrogen) atoms. The third-order valence-electron chi connectivity index (χ3n) is 3.23. The Morgan fingerprint density at radius 1 is 1.47 bits per heavy atom. The summed E-state index contributed by atoms with van der Waals surface area (Å²) in [5.74, 6) is 0.0740. The molecule has 0 radical (unpaired) electrons. The van der Waals surface area contributed by atoms with E-state index in [9.17, 15) is 4.79 Å². The fourth-order valence-corrected chi connectivity index (χ4v) is 2.24. The zero-order valence-corrected chi connectivity index (χ0v) is 10.7. The normalized spacial score (nSPS) is 11.2. The molecule has 98 valence electrons. The monoisotopic (exact) mass is 257 g/mol. The topological polar surface area (TPSA) is 59.5 Å². The number of carbonyl (C=O) groups excluding carboxylic acids is 1. The number of hydrogen-bond acceptors (Lipinski definition) is 3. The molecule has 1 amide bonds. The van der Waals surface area contributed by atoms with Gasteiger partial charge in [0.2, 0.25) is 5.91 Å². The molecule has 0 spiro atoms. The third kappa shape index (κ3) is 2.07. The number of aromatic nitrogens is 2. The standard InChI is InChI=1S/C14H15N3O2/c1-2-13(18)15-6-3-10-9-16-17-7-4-12-11(14(10)17)5-8-19-12/h4-5,7-9H,2-3,6H2,1H3,(H,15,18). The maximum atomic E-state index is 11.2. The Morgan fingerprint density at radius 2 is 2.37 bits per heavy atom. The average Bonchev–Trinajstić information content (AvgIpc) is 3.03. The van der Waals surface area contributed by atoms with E-state index in [-0.39, 0.29) is 5.91 Å². The molecule has 0 aliphatic carbocycles. The number of hydrogen-bond donors (Lipinski definition) is 1. The van der Waals surface area contributed by atoms with Gasteiger partial charge in [-0.1, -0.05) is 6.92 Å². The molecule has 0 saturated carbocycles. The van der Waals surface area contributed by atoms with E-state index in [1.54, 1.807) is 6.26 Å². The van der Waals surface area contributed by atoms with Crippen LogP contribution in [0.15, 0.2) is 35.2 Å². The van der Waals surface area contributed by atoms with E-state index in [4.69, 9.17) is 4.42 Å². The highest BCUT2D eigenvalue weighted by molar-refractivity contribution is 5.94. The lowest BCUT2D eigenvalue weighted by molar-refractivity contribution is -0.120. The van der Waals surface area contributed by atoms with Gasteiger partial charge >= 0.3 is 0 Å². The zero-order chi connectivity index (χ0) is 13.2. The summed E-state index contributed by atoms with van der Waals surface area (Å²) in [4.78, 5) is 11.2. The lowest BCUT2D eigenvalue weighted by Gasteiger charge is -2.03. The van der Waals surface area contributed by atoms with Gasteiger partial charge < -0.3 is 9.73 Å². The fraction of sp³-hybridized carbons (Fsp3) is 0.286. The highest BCUT2D eigenvalue weighted by Crippen LogP contribution is 2.23. The highest BCUT2D eigenvalue weighted by atomic mass is 16.3. The maximum Gasteiger partial charge on any atom is 0.219 e. The Kier molecular flexibility index (Phi) is 2.95. The number of pyridine rings is 1. The van der Waals surface area contributed by atoms with Gasteiger partial charge in [-0.15, -0.1) is 0 Å². The Morgan fingerprint density at radius 3 is 3.21 bits per heavy atom. The number of nitrogens with zero attached hydrogens (tertiary/aromatic N) is 2. The molecule has 3 heterocycles. The number of nitrogens with one attached hydrogen (secondary N) is 1. The Balaban J connectivity index is 1.91. The van der Waals surface area contributed by atoms with Crippen molar-refractivity contribution >= 4 is 22.4 Å². The quantitative estimate of drug-likeness (QED) is 0.779. The van der Waals surface area contributed by atoms with Crippen molar-refractivity contribution in [1.82, 2.24) is 14.9 Å². The Hall–Kier alpha value is -2.30. The van der Waals surface area contributed by atoms with E-state index in [1.807, 2.05) is 36.0 Å². The summed E-state index contributed by atoms with van der Waals surface area (Å²) >= 11 is 0. The molecule has 3 rings (SSSR count). The van der Waals surface area contributed by atoms with Crippen molar-refractivity contribution < 1.29 is 9.21 Å². The zero-order valence-electron chi connectivity index (χ0n) is 10.7. The molecule has 1 N–H and O–H groups in total. The fourth-order valence-electron chi connectivity index (χ4n) is 2.24. The lowest BCUT2D eigenvalue weighted by atomic mass is 10.1. The molecule has 5 heteroatoms. The van der Waals surface area contributed by atoms with Crippen LogP contribution in [0.3, 0.4) is 0 Å². The van der Waals surface area contributed by atoms with Gasteiger partial charge in [0.25, 0.3) is 0 Å². The smallest absolute Gasteiger partial charge is 0.219 e. The van der Waals surface area contributed by atoms with Crippen LogP contribution in [0, 0.1) is 0 Å². The van der Waals surface area contributed by atoms with E-state index in [0.717, 1.165) is 28.5 Å². The second kappa shape index (κ2) is 4.76. The molecule has 0 bridgehead atoms. The summed E-state index contributed by atoms with van der Waals surface area (Å²) in [6.07, 6.45) is 6.69. The first kappa shape index (κ1) is 11.8. The highest BCUT2D eigenvalue weighted by Gasteiger charge is 2.09. The minimum Gasteiger partial charge on any atom is -0.464 e. The third-order valence-corrected chi connectivity index (χ3v) is 3.23. The molecule has 0 atom stereocenters. The van der Waals surface area contributed by atoms with Crippen molar-refractivity contribution in [2.75, 3.05) is 6.54 Å². The molecule has 0 aliphatic rings. The van der Waals surface area contributed by atoms with Gasteiger partial charge in [-0.05, 0) is 18.6 Å². The molecular formula is C14H15N3O2. The molecule has 3 aromatic heterocycles. The first-order valence-corrected chi connectivity index (χ1v) is 6.38. The van der Waals surface area contributed by atoms with Gasteiger partial charge in [-0.2, -0.15) is 5.10 Å². The lowest BCUT2D eigenvalue weighted by Crippen LogP contribution is -2.24. The Bertz CT molecular complexity index is 727. The van der Waals surface area contributed by atoms with Crippen LogP contribution in [0.5, 0.6) is 0 Å². The van der Waals surface area contributed by atoms with Gasteiger partial charge in [-0.25, -0.2) is 4.52 Å². The van der Waals surface area contributed by atoms with Crippen LogP contribution >= 0.6 is 0 Å². The van der Waals surface area contributed by atoms with E-state index < -0.39 is 0 Å². The molecule has 0 aliphatic heterocycles. The predicted molar refractivity (Wildman–Crippen MR) is 72.0 cm³/mol. The van der Waals surface area contributed by atoms with Crippen LogP contribution in [0.1, 0.15) is 18.9 Å². The van der Waals surface area contributed by atoms with E-state index >= 15 is 0 Å². The van der Waals surface area contributed by atoms with Crippen LogP contribution < -0.4 is 5.32 Å². The van der Waals surface area contributed by atoms with Crippen LogP contribution in [0.4, 0.5) is 0 Å².